The summed E-state index contributed by atoms with van der Waals surface area (Å²) < 4.78 is 0. The van der Waals surface area contributed by atoms with E-state index in [1.165, 1.54) is 0 Å². The summed E-state index contributed by atoms with van der Waals surface area (Å²) in [5, 5.41) is 6.54. The van der Waals surface area contributed by atoms with Crippen LogP contribution in [0.25, 0.3) is 0 Å². The summed E-state index contributed by atoms with van der Waals surface area (Å²) >= 11 is 0. The first-order valence-electron chi connectivity index (χ1n) is 6.33. The van der Waals surface area contributed by atoms with Crippen molar-refractivity contribution < 1.29 is 4.79 Å². The van der Waals surface area contributed by atoms with Crippen LogP contribution in [-0.2, 0) is 4.79 Å². The van der Waals surface area contributed by atoms with Gasteiger partial charge in [0, 0.05) is 12.0 Å². The van der Waals surface area contributed by atoms with E-state index in [1.54, 1.807) is 0 Å². The molecule has 0 aliphatic carbocycles. The number of carbonyl (C=O) groups is 1. The fraction of sp³-hybridized carbons (Fsp3) is 0.923. The monoisotopic (exact) mass is 262 g/mol. The Morgan fingerprint density at radius 3 is 2.47 bits per heavy atom. The highest BCUT2D eigenvalue weighted by Crippen LogP contribution is 2.25. The van der Waals surface area contributed by atoms with Crippen molar-refractivity contribution in [2.45, 2.75) is 47.1 Å². The highest BCUT2D eigenvalue weighted by Gasteiger charge is 2.30. The summed E-state index contributed by atoms with van der Waals surface area (Å²) in [4.78, 5) is 12.1. The summed E-state index contributed by atoms with van der Waals surface area (Å²) in [5.41, 5.74) is 0.0419. The van der Waals surface area contributed by atoms with Crippen molar-refractivity contribution in [1.82, 2.24) is 10.6 Å². The Balaban J connectivity index is 0.00000256. The maximum Gasteiger partial charge on any atom is 0.223 e. The first-order valence-corrected chi connectivity index (χ1v) is 6.33. The van der Waals surface area contributed by atoms with Crippen LogP contribution in [0, 0.1) is 17.3 Å². The second-order valence-corrected chi connectivity index (χ2v) is 6.17. The van der Waals surface area contributed by atoms with Gasteiger partial charge >= 0.3 is 0 Å². The molecule has 1 amide bonds. The molecule has 1 saturated heterocycles. The summed E-state index contributed by atoms with van der Waals surface area (Å²) in [6.45, 7) is 12.6. The maximum absolute atomic E-state index is 12.1. The smallest absolute Gasteiger partial charge is 0.223 e. The van der Waals surface area contributed by atoms with Gasteiger partial charge in [0.2, 0.25) is 5.91 Å². The molecule has 17 heavy (non-hydrogen) atoms. The van der Waals surface area contributed by atoms with Gasteiger partial charge in [-0.2, -0.15) is 0 Å². The van der Waals surface area contributed by atoms with Crippen LogP contribution in [0.1, 0.15) is 41.0 Å². The largest absolute Gasteiger partial charge is 0.353 e. The predicted molar refractivity (Wildman–Crippen MR) is 74.4 cm³/mol. The van der Waals surface area contributed by atoms with Gasteiger partial charge in [-0.25, -0.2) is 0 Å². The SMILES string of the molecule is CC1CNCCC1NC(=O)C(C)C(C)(C)C.Cl. The van der Waals surface area contributed by atoms with Gasteiger partial charge in [0.05, 0.1) is 0 Å². The Morgan fingerprint density at radius 1 is 1.41 bits per heavy atom. The Kier molecular flexibility index (Phi) is 6.49. The van der Waals surface area contributed by atoms with Crippen molar-refractivity contribution in [3.8, 4) is 0 Å². The molecule has 4 heteroatoms. The predicted octanol–water partition coefficient (Wildman–Crippen LogP) is 2.20. The lowest BCUT2D eigenvalue weighted by molar-refractivity contribution is -0.128. The van der Waals surface area contributed by atoms with Crippen LogP contribution in [0.5, 0.6) is 0 Å². The van der Waals surface area contributed by atoms with E-state index in [2.05, 4.69) is 38.3 Å². The number of nitrogens with one attached hydrogen (secondary N) is 2. The lowest BCUT2D eigenvalue weighted by Crippen LogP contribution is -2.50. The lowest BCUT2D eigenvalue weighted by Gasteiger charge is -2.33. The second-order valence-electron chi connectivity index (χ2n) is 6.17. The molecule has 1 fully saturated rings. The van der Waals surface area contributed by atoms with Crippen LogP contribution in [0.3, 0.4) is 0 Å². The van der Waals surface area contributed by atoms with E-state index in [4.69, 9.17) is 0 Å². The van der Waals surface area contributed by atoms with E-state index in [-0.39, 0.29) is 29.6 Å². The molecule has 0 saturated carbocycles. The molecule has 0 spiro atoms. The number of carbonyl (C=O) groups excluding carboxylic acids is 1. The van der Waals surface area contributed by atoms with Crippen molar-refractivity contribution in [1.29, 1.82) is 0 Å². The van der Waals surface area contributed by atoms with Crippen molar-refractivity contribution in [3.63, 3.8) is 0 Å². The maximum atomic E-state index is 12.1. The van der Waals surface area contributed by atoms with E-state index in [9.17, 15) is 4.79 Å². The lowest BCUT2D eigenvalue weighted by atomic mass is 9.81. The van der Waals surface area contributed by atoms with Crippen LogP contribution < -0.4 is 10.6 Å². The van der Waals surface area contributed by atoms with Gasteiger partial charge in [0.15, 0.2) is 0 Å². The zero-order valence-corrected chi connectivity index (χ0v) is 12.5. The van der Waals surface area contributed by atoms with E-state index >= 15 is 0 Å². The van der Waals surface area contributed by atoms with Crippen molar-refractivity contribution in [3.05, 3.63) is 0 Å². The van der Waals surface area contributed by atoms with E-state index in [1.807, 2.05) is 6.92 Å². The molecule has 1 aliphatic rings. The van der Waals surface area contributed by atoms with E-state index in [0.29, 0.717) is 12.0 Å². The number of halogens is 1. The van der Waals surface area contributed by atoms with Crippen LogP contribution in [0.2, 0.25) is 0 Å². The number of rotatable bonds is 2. The quantitative estimate of drug-likeness (QED) is 0.801. The third kappa shape index (κ3) is 4.84. The average Bonchev–Trinajstić information content (AvgIpc) is 2.19. The van der Waals surface area contributed by atoms with Crippen molar-refractivity contribution in [2.24, 2.45) is 17.3 Å². The molecule has 1 heterocycles. The van der Waals surface area contributed by atoms with Gasteiger partial charge in [-0.1, -0.05) is 34.6 Å². The number of hydrogen-bond donors (Lipinski definition) is 2. The standard InChI is InChI=1S/C13H26N2O.ClH/c1-9-8-14-7-6-11(9)15-12(16)10(2)13(3,4)5;/h9-11,14H,6-8H2,1-5H3,(H,15,16);1H. The molecule has 3 unspecified atom stereocenters. The molecule has 1 aliphatic heterocycles. The van der Waals surface area contributed by atoms with Gasteiger partial charge in [-0.3, -0.25) is 4.79 Å². The van der Waals surface area contributed by atoms with Gasteiger partial charge in [-0.05, 0) is 30.8 Å². The van der Waals surface area contributed by atoms with E-state index < -0.39 is 0 Å². The molecule has 0 aromatic rings. The van der Waals surface area contributed by atoms with E-state index in [0.717, 1.165) is 19.5 Å². The van der Waals surface area contributed by atoms with Crippen LogP contribution in [-0.4, -0.2) is 25.0 Å². The minimum Gasteiger partial charge on any atom is -0.353 e. The molecule has 0 radical (unpaired) electrons. The zero-order valence-electron chi connectivity index (χ0n) is 11.7. The molecule has 0 bridgehead atoms. The second kappa shape index (κ2) is 6.60. The minimum atomic E-state index is 0. The molecule has 0 aromatic heterocycles. The molecule has 3 atom stereocenters. The first-order chi connectivity index (χ1) is 7.32. The normalized spacial score (nSPS) is 26.9. The number of piperidine rings is 1. The third-order valence-corrected chi connectivity index (χ3v) is 3.81. The van der Waals surface area contributed by atoms with Crippen LogP contribution >= 0.6 is 12.4 Å². The number of amides is 1. The summed E-state index contributed by atoms with van der Waals surface area (Å²) in [5.74, 6) is 0.797. The summed E-state index contributed by atoms with van der Waals surface area (Å²) in [6, 6.07) is 0.346. The first kappa shape index (κ1) is 16.7. The fourth-order valence-electron chi connectivity index (χ4n) is 1.93. The van der Waals surface area contributed by atoms with Gasteiger partial charge in [-0.15, -0.1) is 12.4 Å². The molecule has 3 nitrogen and oxygen atoms in total. The molecular formula is C13H27ClN2O. The average molecular weight is 263 g/mol. The molecule has 0 aromatic carbocycles. The highest BCUT2D eigenvalue weighted by molar-refractivity contribution is 5.85. The molecular weight excluding hydrogens is 236 g/mol. The minimum absolute atomic E-state index is 0. The van der Waals surface area contributed by atoms with Crippen LogP contribution in [0.4, 0.5) is 0 Å². The molecule has 2 N–H and O–H groups in total. The Hall–Kier alpha value is -0.280. The Bertz CT molecular complexity index is 250. The van der Waals surface area contributed by atoms with Gasteiger partial charge < -0.3 is 10.6 Å². The zero-order chi connectivity index (χ0) is 12.3. The third-order valence-electron chi connectivity index (χ3n) is 3.81. The topological polar surface area (TPSA) is 41.1 Å². The van der Waals surface area contributed by atoms with Crippen molar-refractivity contribution >= 4 is 18.3 Å². The summed E-state index contributed by atoms with van der Waals surface area (Å²) in [6.07, 6.45) is 1.05. The Labute approximate surface area is 112 Å². The fourth-order valence-corrected chi connectivity index (χ4v) is 1.93. The van der Waals surface area contributed by atoms with Gasteiger partial charge in [0.25, 0.3) is 0 Å². The molecule has 102 valence electrons. The Morgan fingerprint density at radius 2 is 2.00 bits per heavy atom. The van der Waals surface area contributed by atoms with Crippen LogP contribution in [0.15, 0.2) is 0 Å². The van der Waals surface area contributed by atoms with Crippen molar-refractivity contribution in [2.75, 3.05) is 13.1 Å². The highest BCUT2D eigenvalue weighted by atomic mass is 35.5. The molecule has 1 rings (SSSR count). The number of hydrogen-bond acceptors (Lipinski definition) is 2. The van der Waals surface area contributed by atoms with Gasteiger partial charge in [0.1, 0.15) is 0 Å². The summed E-state index contributed by atoms with van der Waals surface area (Å²) in [7, 11) is 0.